The minimum atomic E-state index is -0.0786. The summed E-state index contributed by atoms with van der Waals surface area (Å²) in [5.74, 6) is 0.545. The first-order chi connectivity index (χ1) is 12.4. The Morgan fingerprint density at radius 1 is 1.31 bits per heavy atom. The molecule has 1 N–H and O–H groups in total. The number of hydrogen-bond acceptors (Lipinski definition) is 5. The van der Waals surface area contributed by atoms with Crippen molar-refractivity contribution in [3.63, 3.8) is 0 Å². The Labute approximate surface area is 158 Å². The molecule has 1 amide bonds. The van der Waals surface area contributed by atoms with Crippen molar-refractivity contribution in [2.75, 3.05) is 19.5 Å². The van der Waals surface area contributed by atoms with Crippen LogP contribution in [-0.2, 0) is 16.1 Å². The Kier molecular flexibility index (Phi) is 7.66. The Bertz CT molecular complexity index is 804. The van der Waals surface area contributed by atoms with Crippen molar-refractivity contribution in [3.05, 3.63) is 34.6 Å². The fourth-order valence-corrected chi connectivity index (χ4v) is 3.25. The predicted molar refractivity (Wildman–Crippen MR) is 106 cm³/mol. The number of amides is 1. The van der Waals surface area contributed by atoms with E-state index in [9.17, 15) is 9.59 Å². The molecule has 1 aromatic carbocycles. The molecule has 1 unspecified atom stereocenters. The summed E-state index contributed by atoms with van der Waals surface area (Å²) in [6.45, 7) is 7.20. The normalized spacial score (nSPS) is 12.5. The molecule has 0 aliphatic rings. The largest absolute Gasteiger partial charge is 0.385 e. The van der Waals surface area contributed by atoms with Crippen LogP contribution >= 0.6 is 11.8 Å². The van der Waals surface area contributed by atoms with Crippen LogP contribution in [0.2, 0.25) is 0 Å². The van der Waals surface area contributed by atoms with Crippen LogP contribution in [0.15, 0.2) is 34.2 Å². The molecule has 1 heterocycles. The second-order valence-electron chi connectivity index (χ2n) is 6.60. The molecule has 1 atom stereocenters. The molecule has 0 aliphatic heterocycles. The molecule has 6 nitrogen and oxygen atoms in total. The number of carbonyl (C=O) groups excluding carboxylic acids is 1. The molecule has 0 aliphatic carbocycles. The van der Waals surface area contributed by atoms with E-state index in [1.165, 1.54) is 11.8 Å². The third kappa shape index (κ3) is 5.32. The van der Waals surface area contributed by atoms with Gasteiger partial charge in [0, 0.05) is 26.3 Å². The number of fused-ring (bicyclic) bond motifs is 1. The lowest BCUT2D eigenvalue weighted by molar-refractivity contribution is -0.119. The Morgan fingerprint density at radius 3 is 2.73 bits per heavy atom. The lowest BCUT2D eigenvalue weighted by Crippen LogP contribution is -2.37. The highest BCUT2D eigenvalue weighted by Gasteiger charge is 2.15. The van der Waals surface area contributed by atoms with E-state index >= 15 is 0 Å². The number of nitrogens with zero attached hydrogens (tertiary/aromatic N) is 2. The maximum absolute atomic E-state index is 12.8. The zero-order chi connectivity index (χ0) is 19.1. The maximum Gasteiger partial charge on any atom is 0.262 e. The number of rotatable bonds is 9. The van der Waals surface area contributed by atoms with Crippen LogP contribution in [0, 0.1) is 5.92 Å². The first kappa shape index (κ1) is 20.5. The minimum absolute atomic E-state index is 0.0537. The molecule has 0 spiro atoms. The van der Waals surface area contributed by atoms with Gasteiger partial charge in [0.25, 0.3) is 5.56 Å². The average molecular weight is 378 g/mol. The van der Waals surface area contributed by atoms with Gasteiger partial charge in [0.05, 0.1) is 16.7 Å². The van der Waals surface area contributed by atoms with E-state index in [0.29, 0.717) is 41.5 Å². The molecular formula is C19H27N3O3S. The highest BCUT2D eigenvalue weighted by molar-refractivity contribution is 7.99. The van der Waals surface area contributed by atoms with Gasteiger partial charge in [-0.2, -0.15) is 0 Å². The number of para-hydroxylation sites is 1. The summed E-state index contributed by atoms with van der Waals surface area (Å²) in [6, 6.07) is 7.40. The van der Waals surface area contributed by atoms with E-state index in [1.54, 1.807) is 17.7 Å². The van der Waals surface area contributed by atoms with E-state index in [2.05, 4.69) is 24.1 Å². The summed E-state index contributed by atoms with van der Waals surface area (Å²) in [5.41, 5.74) is 0.573. The van der Waals surface area contributed by atoms with Crippen molar-refractivity contribution < 1.29 is 9.53 Å². The number of ether oxygens (including phenoxy) is 1. The van der Waals surface area contributed by atoms with Crippen LogP contribution in [0.3, 0.4) is 0 Å². The van der Waals surface area contributed by atoms with Crippen molar-refractivity contribution in [3.8, 4) is 0 Å². The van der Waals surface area contributed by atoms with Crippen molar-refractivity contribution in [2.24, 2.45) is 5.92 Å². The molecule has 0 saturated carbocycles. The van der Waals surface area contributed by atoms with Gasteiger partial charge in [-0.3, -0.25) is 14.2 Å². The molecule has 2 rings (SSSR count). The van der Waals surface area contributed by atoms with Gasteiger partial charge in [-0.05, 0) is 31.4 Å². The fraction of sp³-hybridized carbons (Fsp3) is 0.526. The molecule has 1 aromatic heterocycles. The zero-order valence-corrected chi connectivity index (χ0v) is 16.6. The topological polar surface area (TPSA) is 73.2 Å². The lowest BCUT2D eigenvalue weighted by Gasteiger charge is -2.17. The Morgan fingerprint density at radius 2 is 2.04 bits per heavy atom. The summed E-state index contributed by atoms with van der Waals surface area (Å²) in [5, 5.41) is 4.13. The van der Waals surface area contributed by atoms with Gasteiger partial charge in [-0.25, -0.2) is 4.98 Å². The predicted octanol–water partition coefficient (Wildman–Crippen LogP) is 2.69. The summed E-state index contributed by atoms with van der Waals surface area (Å²) in [4.78, 5) is 29.6. The van der Waals surface area contributed by atoms with Gasteiger partial charge in [0.2, 0.25) is 5.91 Å². The highest BCUT2D eigenvalue weighted by Crippen LogP contribution is 2.18. The lowest BCUT2D eigenvalue weighted by atomic mass is 10.1. The molecule has 0 radical (unpaired) electrons. The van der Waals surface area contributed by atoms with Gasteiger partial charge < -0.3 is 10.1 Å². The van der Waals surface area contributed by atoms with Crippen LogP contribution in [-0.4, -0.2) is 41.0 Å². The fourth-order valence-electron chi connectivity index (χ4n) is 2.41. The molecular weight excluding hydrogens is 350 g/mol. The van der Waals surface area contributed by atoms with Gasteiger partial charge in [0.15, 0.2) is 5.16 Å². The smallest absolute Gasteiger partial charge is 0.262 e. The first-order valence-corrected chi connectivity index (χ1v) is 9.83. The van der Waals surface area contributed by atoms with Crippen molar-refractivity contribution in [2.45, 2.75) is 44.9 Å². The molecule has 2 aromatic rings. The number of benzene rings is 1. The summed E-state index contributed by atoms with van der Waals surface area (Å²) in [7, 11) is 1.64. The average Bonchev–Trinajstić information content (AvgIpc) is 2.62. The van der Waals surface area contributed by atoms with Crippen molar-refractivity contribution in [1.82, 2.24) is 14.9 Å². The number of aromatic nitrogens is 2. The molecule has 26 heavy (non-hydrogen) atoms. The minimum Gasteiger partial charge on any atom is -0.385 e. The zero-order valence-electron chi connectivity index (χ0n) is 15.8. The summed E-state index contributed by atoms with van der Waals surface area (Å²) < 4.78 is 6.73. The van der Waals surface area contributed by atoms with E-state index < -0.39 is 0 Å². The maximum atomic E-state index is 12.8. The molecule has 0 saturated heterocycles. The van der Waals surface area contributed by atoms with Crippen LogP contribution in [0.1, 0.15) is 27.2 Å². The van der Waals surface area contributed by atoms with Crippen LogP contribution < -0.4 is 10.9 Å². The van der Waals surface area contributed by atoms with Crippen LogP contribution in [0.4, 0.5) is 0 Å². The SMILES string of the molecule is COCCCn1c(SCC(=O)NC(C)C(C)C)nc2ccccc2c1=O. The van der Waals surface area contributed by atoms with Gasteiger partial charge >= 0.3 is 0 Å². The number of hydrogen-bond donors (Lipinski definition) is 1. The third-order valence-corrected chi connectivity index (χ3v) is 5.25. The van der Waals surface area contributed by atoms with Gasteiger partial charge in [-0.1, -0.05) is 37.7 Å². The quantitative estimate of drug-likeness (QED) is 0.413. The van der Waals surface area contributed by atoms with E-state index in [-0.39, 0.29) is 23.3 Å². The standard InChI is InChI=1S/C19H27N3O3S/c1-13(2)14(3)20-17(23)12-26-19-21-16-9-6-5-8-15(16)18(24)22(19)10-7-11-25-4/h5-6,8-9,13-14H,7,10-12H2,1-4H3,(H,20,23). The second-order valence-corrected chi connectivity index (χ2v) is 7.55. The number of nitrogens with one attached hydrogen (secondary N) is 1. The summed E-state index contributed by atoms with van der Waals surface area (Å²) in [6.07, 6.45) is 0.709. The number of thioether (sulfide) groups is 1. The van der Waals surface area contributed by atoms with Gasteiger partial charge in [0.1, 0.15) is 0 Å². The van der Waals surface area contributed by atoms with Crippen molar-refractivity contribution >= 4 is 28.6 Å². The second kappa shape index (κ2) is 9.73. The van der Waals surface area contributed by atoms with E-state index in [1.807, 2.05) is 25.1 Å². The van der Waals surface area contributed by atoms with Crippen LogP contribution in [0.5, 0.6) is 0 Å². The van der Waals surface area contributed by atoms with E-state index in [0.717, 1.165) is 0 Å². The highest BCUT2D eigenvalue weighted by atomic mass is 32.2. The van der Waals surface area contributed by atoms with Gasteiger partial charge in [-0.15, -0.1) is 0 Å². The summed E-state index contributed by atoms with van der Waals surface area (Å²) >= 11 is 1.29. The third-order valence-electron chi connectivity index (χ3n) is 4.28. The van der Waals surface area contributed by atoms with E-state index in [4.69, 9.17) is 4.74 Å². The van der Waals surface area contributed by atoms with Crippen LogP contribution in [0.25, 0.3) is 10.9 Å². The Hall–Kier alpha value is -1.86. The van der Waals surface area contributed by atoms with Crippen molar-refractivity contribution in [1.29, 1.82) is 0 Å². The monoisotopic (exact) mass is 377 g/mol. The molecule has 142 valence electrons. The molecule has 0 fully saturated rings. The first-order valence-electron chi connectivity index (χ1n) is 8.84. The number of methoxy groups -OCH3 is 1. The molecule has 0 bridgehead atoms. The molecule has 7 heteroatoms. The Balaban J connectivity index is 2.22. The number of carbonyl (C=O) groups is 1.